The summed E-state index contributed by atoms with van der Waals surface area (Å²) < 4.78 is 0. The zero-order chi connectivity index (χ0) is 12.0. The van der Waals surface area contributed by atoms with Crippen LogP contribution in [0, 0.1) is 5.41 Å². The van der Waals surface area contributed by atoms with Gasteiger partial charge in [0.15, 0.2) is 0 Å². The average molecular weight is 271 g/mol. The van der Waals surface area contributed by atoms with E-state index in [9.17, 15) is 0 Å². The van der Waals surface area contributed by atoms with Gasteiger partial charge in [0.05, 0.1) is 15.7 Å². The van der Waals surface area contributed by atoms with E-state index in [1.165, 1.54) is 18.4 Å². The zero-order valence-corrected chi connectivity index (χ0v) is 11.1. The molecule has 2 aliphatic rings. The maximum atomic E-state index is 6.26. The van der Waals surface area contributed by atoms with Crippen LogP contribution < -0.4 is 11.1 Å². The molecule has 1 unspecified atom stereocenters. The summed E-state index contributed by atoms with van der Waals surface area (Å²) in [5.74, 6) is 0.540. The first-order valence-corrected chi connectivity index (χ1v) is 6.85. The van der Waals surface area contributed by atoms with Crippen molar-refractivity contribution in [3.8, 4) is 0 Å². The van der Waals surface area contributed by atoms with Crippen LogP contribution in [0.25, 0.3) is 0 Å². The fraction of sp³-hybridized carbons (Fsp3) is 0.538. The second-order valence-corrected chi connectivity index (χ2v) is 5.96. The minimum Gasteiger partial charge on any atom is -0.383 e. The van der Waals surface area contributed by atoms with Crippen LogP contribution in [0.3, 0.4) is 0 Å². The molecule has 3 rings (SSSR count). The molecular weight excluding hydrogens is 255 g/mol. The van der Waals surface area contributed by atoms with Crippen LogP contribution in [0.5, 0.6) is 0 Å². The topological polar surface area (TPSA) is 38.0 Å². The van der Waals surface area contributed by atoms with Crippen molar-refractivity contribution in [3.63, 3.8) is 0 Å². The molecule has 1 spiro atoms. The Morgan fingerprint density at radius 1 is 1.35 bits per heavy atom. The Morgan fingerprint density at radius 2 is 2.12 bits per heavy atom. The molecule has 0 bridgehead atoms. The molecule has 1 aromatic rings. The van der Waals surface area contributed by atoms with E-state index in [0.717, 1.165) is 25.2 Å². The molecule has 2 nitrogen and oxygen atoms in total. The molecule has 4 heteroatoms. The van der Waals surface area contributed by atoms with Gasteiger partial charge in [0, 0.05) is 6.54 Å². The highest BCUT2D eigenvalue weighted by Gasteiger charge is 2.51. The van der Waals surface area contributed by atoms with Gasteiger partial charge in [-0.15, -0.1) is 0 Å². The predicted octanol–water partition coefficient (Wildman–Crippen LogP) is 3.63. The van der Waals surface area contributed by atoms with E-state index in [1.54, 1.807) is 0 Å². The van der Waals surface area contributed by atoms with Crippen molar-refractivity contribution >= 4 is 28.9 Å². The molecule has 17 heavy (non-hydrogen) atoms. The summed E-state index contributed by atoms with van der Waals surface area (Å²) in [4.78, 5) is 0. The Labute approximate surface area is 111 Å². The molecule has 0 saturated heterocycles. The number of benzene rings is 1. The lowest BCUT2D eigenvalue weighted by Gasteiger charge is -2.35. The molecule has 1 aliphatic carbocycles. The van der Waals surface area contributed by atoms with Gasteiger partial charge in [0.2, 0.25) is 0 Å². The molecule has 92 valence electrons. The Bertz CT molecular complexity index is 455. The van der Waals surface area contributed by atoms with Gasteiger partial charge in [-0.05, 0) is 48.8 Å². The molecule has 1 saturated carbocycles. The van der Waals surface area contributed by atoms with E-state index >= 15 is 0 Å². The summed E-state index contributed by atoms with van der Waals surface area (Å²) in [6.07, 6.45) is 3.63. The first-order chi connectivity index (χ1) is 8.18. The van der Waals surface area contributed by atoms with Crippen molar-refractivity contribution in [2.45, 2.75) is 25.2 Å². The third-order valence-electron chi connectivity index (χ3n) is 4.21. The van der Waals surface area contributed by atoms with Gasteiger partial charge in [0.25, 0.3) is 0 Å². The van der Waals surface area contributed by atoms with Crippen molar-refractivity contribution in [2.75, 3.05) is 18.4 Å². The largest absolute Gasteiger partial charge is 0.383 e. The molecule has 1 aliphatic heterocycles. The van der Waals surface area contributed by atoms with Crippen LogP contribution in [-0.4, -0.2) is 13.1 Å². The smallest absolute Gasteiger partial charge is 0.0826 e. The van der Waals surface area contributed by atoms with Crippen molar-refractivity contribution in [3.05, 3.63) is 27.7 Å². The Kier molecular flexibility index (Phi) is 2.77. The zero-order valence-electron chi connectivity index (χ0n) is 9.60. The molecule has 1 atom stereocenters. The molecule has 1 fully saturated rings. The molecule has 1 aromatic carbocycles. The summed E-state index contributed by atoms with van der Waals surface area (Å²) in [5, 5.41) is 4.73. The fourth-order valence-electron chi connectivity index (χ4n) is 3.07. The van der Waals surface area contributed by atoms with Crippen LogP contribution in [-0.2, 0) is 0 Å². The number of nitrogens with two attached hydrogens (primary N) is 1. The summed E-state index contributed by atoms with van der Waals surface area (Å²) >= 11 is 12.3. The standard InChI is InChI=1S/C13H16Cl2N2/c14-10-2-1-8-9(3-6-16)13(4-5-13)7-17-12(8)11(10)15/h1-2,9,17H,3-7,16H2. The van der Waals surface area contributed by atoms with Crippen LogP contribution >= 0.6 is 23.2 Å². The van der Waals surface area contributed by atoms with Gasteiger partial charge in [-0.1, -0.05) is 29.3 Å². The Morgan fingerprint density at radius 3 is 2.76 bits per heavy atom. The summed E-state index contributed by atoms with van der Waals surface area (Å²) in [7, 11) is 0. The van der Waals surface area contributed by atoms with Crippen molar-refractivity contribution in [2.24, 2.45) is 11.1 Å². The van der Waals surface area contributed by atoms with E-state index in [2.05, 4.69) is 11.4 Å². The average Bonchev–Trinajstić information content (AvgIpc) is 3.09. The number of halogens is 2. The highest BCUT2D eigenvalue weighted by Crippen LogP contribution is 2.61. The Balaban J connectivity index is 2.07. The third-order valence-corrected chi connectivity index (χ3v) is 5.01. The van der Waals surface area contributed by atoms with Crippen LogP contribution in [0.1, 0.15) is 30.7 Å². The third kappa shape index (κ3) is 1.74. The van der Waals surface area contributed by atoms with E-state index in [4.69, 9.17) is 28.9 Å². The van der Waals surface area contributed by atoms with Crippen LogP contribution in [0.4, 0.5) is 5.69 Å². The van der Waals surface area contributed by atoms with Gasteiger partial charge in [-0.3, -0.25) is 0 Å². The molecule has 0 amide bonds. The van der Waals surface area contributed by atoms with Crippen molar-refractivity contribution in [1.82, 2.24) is 0 Å². The monoisotopic (exact) mass is 270 g/mol. The number of anilines is 1. The Hall–Kier alpha value is -0.440. The van der Waals surface area contributed by atoms with Gasteiger partial charge < -0.3 is 11.1 Å². The second kappa shape index (κ2) is 4.04. The number of hydrogen-bond acceptors (Lipinski definition) is 2. The summed E-state index contributed by atoms with van der Waals surface area (Å²) in [6.45, 7) is 1.73. The molecule has 1 heterocycles. The lowest BCUT2D eigenvalue weighted by molar-refractivity contribution is 0.390. The van der Waals surface area contributed by atoms with Gasteiger partial charge in [-0.2, -0.15) is 0 Å². The normalized spacial score (nSPS) is 24.3. The van der Waals surface area contributed by atoms with E-state index in [-0.39, 0.29) is 0 Å². The maximum absolute atomic E-state index is 6.26. The van der Waals surface area contributed by atoms with Gasteiger partial charge >= 0.3 is 0 Å². The number of hydrogen-bond donors (Lipinski definition) is 2. The molecule has 3 N–H and O–H groups in total. The van der Waals surface area contributed by atoms with Crippen molar-refractivity contribution in [1.29, 1.82) is 0 Å². The number of rotatable bonds is 2. The highest BCUT2D eigenvalue weighted by atomic mass is 35.5. The number of nitrogens with one attached hydrogen (secondary N) is 1. The molecular formula is C13H16Cl2N2. The fourth-order valence-corrected chi connectivity index (χ4v) is 3.46. The minimum absolute atomic E-state index is 0.434. The molecule has 0 radical (unpaired) electrons. The summed E-state index contributed by atoms with van der Waals surface area (Å²) in [5.41, 5.74) is 8.51. The lowest BCUT2D eigenvalue weighted by atomic mass is 9.77. The van der Waals surface area contributed by atoms with E-state index in [0.29, 0.717) is 21.4 Å². The SMILES string of the molecule is NCCC1c2ccc(Cl)c(Cl)c2NCC12CC2. The first-order valence-electron chi connectivity index (χ1n) is 6.10. The predicted molar refractivity (Wildman–Crippen MR) is 73.0 cm³/mol. The number of fused-ring (bicyclic) bond motifs is 1. The first kappa shape index (κ1) is 11.6. The highest BCUT2D eigenvalue weighted by molar-refractivity contribution is 6.43. The molecule has 0 aromatic heterocycles. The second-order valence-electron chi connectivity index (χ2n) is 5.17. The van der Waals surface area contributed by atoms with Crippen molar-refractivity contribution < 1.29 is 0 Å². The van der Waals surface area contributed by atoms with Gasteiger partial charge in [0.1, 0.15) is 0 Å². The quantitative estimate of drug-likeness (QED) is 0.862. The maximum Gasteiger partial charge on any atom is 0.0826 e. The summed E-state index contributed by atoms with van der Waals surface area (Å²) in [6, 6.07) is 4.01. The van der Waals surface area contributed by atoms with Crippen LogP contribution in [0.15, 0.2) is 12.1 Å². The van der Waals surface area contributed by atoms with E-state index < -0.39 is 0 Å². The minimum atomic E-state index is 0.434. The van der Waals surface area contributed by atoms with Gasteiger partial charge in [-0.25, -0.2) is 0 Å². The van der Waals surface area contributed by atoms with E-state index in [1.807, 2.05) is 6.07 Å². The van der Waals surface area contributed by atoms with Crippen LogP contribution in [0.2, 0.25) is 10.0 Å². The lowest BCUT2D eigenvalue weighted by Crippen LogP contribution is -2.31.